The van der Waals surface area contributed by atoms with Crippen LogP contribution in [0, 0.1) is 6.92 Å². The standard InChI is InChI=1S/C14H13N7O.ClH/c1-8-5-11(9-3-2-4-10(15)7-9)16-12(6-8)13(22)17-14-18-20-21-19-14;/h2-7H,15H2,1H3,(H2,17,18,19,20,21,22);1H. The molecule has 0 unspecified atom stereocenters. The predicted octanol–water partition coefficient (Wildman–Crippen LogP) is 1.83. The first-order valence-electron chi connectivity index (χ1n) is 6.51. The van der Waals surface area contributed by atoms with Gasteiger partial charge in [-0.2, -0.15) is 0 Å². The minimum absolute atomic E-state index is 0. The highest BCUT2D eigenvalue weighted by atomic mass is 35.5. The van der Waals surface area contributed by atoms with Crippen LogP contribution in [0.5, 0.6) is 0 Å². The molecule has 3 rings (SSSR count). The fraction of sp³-hybridized carbons (Fsp3) is 0.0714. The summed E-state index contributed by atoms with van der Waals surface area (Å²) < 4.78 is 0. The number of hydrogen-bond acceptors (Lipinski definition) is 6. The van der Waals surface area contributed by atoms with E-state index in [1.54, 1.807) is 12.1 Å². The molecule has 2 aromatic heterocycles. The van der Waals surface area contributed by atoms with Crippen molar-refractivity contribution in [3.8, 4) is 11.3 Å². The third-order valence-corrected chi connectivity index (χ3v) is 2.96. The molecular formula is C14H14ClN7O. The van der Waals surface area contributed by atoms with Gasteiger partial charge in [-0.15, -0.1) is 12.4 Å². The van der Waals surface area contributed by atoms with Gasteiger partial charge in [-0.3, -0.25) is 10.1 Å². The normalized spacial score (nSPS) is 9.96. The van der Waals surface area contributed by atoms with Crippen molar-refractivity contribution >= 4 is 29.9 Å². The van der Waals surface area contributed by atoms with Gasteiger partial charge in [0.1, 0.15) is 5.69 Å². The highest BCUT2D eigenvalue weighted by Crippen LogP contribution is 2.21. The van der Waals surface area contributed by atoms with Crippen LogP contribution >= 0.6 is 12.4 Å². The van der Waals surface area contributed by atoms with Crippen LogP contribution in [0.15, 0.2) is 36.4 Å². The lowest BCUT2D eigenvalue weighted by molar-refractivity contribution is 0.102. The van der Waals surface area contributed by atoms with E-state index in [1.165, 1.54) is 0 Å². The average molecular weight is 332 g/mol. The van der Waals surface area contributed by atoms with Crippen LogP contribution in [-0.4, -0.2) is 31.5 Å². The Hall–Kier alpha value is -3.00. The van der Waals surface area contributed by atoms with Crippen molar-refractivity contribution in [3.63, 3.8) is 0 Å². The van der Waals surface area contributed by atoms with Crippen molar-refractivity contribution in [1.82, 2.24) is 25.6 Å². The van der Waals surface area contributed by atoms with Crippen LogP contribution in [0.2, 0.25) is 0 Å². The lowest BCUT2D eigenvalue weighted by atomic mass is 10.1. The molecule has 9 heteroatoms. The van der Waals surface area contributed by atoms with E-state index >= 15 is 0 Å². The van der Waals surface area contributed by atoms with Gasteiger partial charge < -0.3 is 5.73 Å². The van der Waals surface area contributed by atoms with Crippen LogP contribution < -0.4 is 11.1 Å². The number of nitrogens with two attached hydrogens (primary N) is 1. The van der Waals surface area contributed by atoms with Crippen LogP contribution in [-0.2, 0) is 0 Å². The first kappa shape index (κ1) is 16.4. The molecule has 0 saturated heterocycles. The molecule has 8 nitrogen and oxygen atoms in total. The number of carbonyl (C=O) groups excluding carboxylic acids is 1. The Labute approximate surface area is 137 Å². The highest BCUT2D eigenvalue weighted by molar-refractivity contribution is 6.02. The van der Waals surface area contributed by atoms with Crippen LogP contribution in [0.3, 0.4) is 0 Å². The predicted molar refractivity (Wildman–Crippen MR) is 88.2 cm³/mol. The number of aromatic nitrogens is 5. The maximum atomic E-state index is 12.2. The summed E-state index contributed by atoms with van der Waals surface area (Å²) in [5.74, 6) is -0.230. The molecule has 23 heavy (non-hydrogen) atoms. The summed E-state index contributed by atoms with van der Waals surface area (Å²) >= 11 is 0. The summed E-state index contributed by atoms with van der Waals surface area (Å²) in [6.07, 6.45) is 0. The summed E-state index contributed by atoms with van der Waals surface area (Å²) in [4.78, 5) is 16.6. The molecule has 2 heterocycles. The number of anilines is 2. The Morgan fingerprint density at radius 2 is 2.09 bits per heavy atom. The van der Waals surface area contributed by atoms with E-state index < -0.39 is 5.91 Å². The van der Waals surface area contributed by atoms with Crippen molar-refractivity contribution in [2.45, 2.75) is 6.92 Å². The molecule has 0 spiro atoms. The minimum atomic E-state index is -0.396. The lowest BCUT2D eigenvalue weighted by Crippen LogP contribution is -2.15. The second-order valence-corrected chi connectivity index (χ2v) is 4.74. The second kappa shape index (κ2) is 6.84. The number of nitrogens with zero attached hydrogens (tertiary/aromatic N) is 4. The van der Waals surface area contributed by atoms with E-state index in [0.717, 1.165) is 11.1 Å². The first-order valence-corrected chi connectivity index (χ1v) is 6.51. The summed E-state index contributed by atoms with van der Waals surface area (Å²) in [5.41, 5.74) is 9.13. The summed E-state index contributed by atoms with van der Waals surface area (Å²) in [5, 5.41) is 15.4. The van der Waals surface area contributed by atoms with Gasteiger partial charge in [0.2, 0.25) is 5.95 Å². The number of hydrogen-bond donors (Lipinski definition) is 3. The maximum absolute atomic E-state index is 12.2. The number of rotatable bonds is 3. The van der Waals surface area contributed by atoms with Gasteiger partial charge >= 0.3 is 0 Å². The largest absolute Gasteiger partial charge is 0.399 e. The second-order valence-electron chi connectivity index (χ2n) is 4.74. The molecule has 0 aliphatic heterocycles. The molecule has 118 valence electrons. The SMILES string of the molecule is Cc1cc(C(=O)Nc2nnn[nH]2)nc(-c2cccc(N)c2)c1.Cl. The highest BCUT2D eigenvalue weighted by Gasteiger charge is 2.12. The van der Waals surface area contributed by atoms with Gasteiger partial charge in [-0.25, -0.2) is 10.1 Å². The Balaban J connectivity index is 0.00000192. The number of nitrogen functional groups attached to an aromatic ring is 1. The number of amides is 1. The van der Waals surface area contributed by atoms with E-state index in [4.69, 9.17) is 5.73 Å². The van der Waals surface area contributed by atoms with Gasteiger partial charge in [0, 0.05) is 11.3 Å². The smallest absolute Gasteiger partial charge is 0.276 e. The zero-order valence-corrected chi connectivity index (χ0v) is 13.0. The van der Waals surface area contributed by atoms with Crippen molar-refractivity contribution < 1.29 is 4.79 Å². The van der Waals surface area contributed by atoms with E-state index in [1.807, 2.05) is 31.2 Å². The van der Waals surface area contributed by atoms with Crippen molar-refractivity contribution in [3.05, 3.63) is 47.7 Å². The molecule has 3 aromatic rings. The summed E-state index contributed by atoms with van der Waals surface area (Å²) in [6, 6.07) is 10.9. The Kier molecular flexibility index (Phi) is 4.87. The Bertz CT molecular complexity index is 820. The number of nitrogens with one attached hydrogen (secondary N) is 2. The lowest BCUT2D eigenvalue weighted by Gasteiger charge is -2.07. The number of halogens is 1. The van der Waals surface area contributed by atoms with E-state index in [9.17, 15) is 4.79 Å². The monoisotopic (exact) mass is 331 g/mol. The van der Waals surface area contributed by atoms with Crippen LogP contribution in [0.25, 0.3) is 11.3 Å². The van der Waals surface area contributed by atoms with E-state index in [0.29, 0.717) is 11.4 Å². The van der Waals surface area contributed by atoms with Gasteiger partial charge in [-0.1, -0.05) is 17.2 Å². The van der Waals surface area contributed by atoms with E-state index in [2.05, 4.69) is 30.9 Å². The molecule has 0 bridgehead atoms. The van der Waals surface area contributed by atoms with E-state index in [-0.39, 0.29) is 24.0 Å². The van der Waals surface area contributed by atoms with Crippen molar-refractivity contribution in [2.75, 3.05) is 11.1 Å². The topological polar surface area (TPSA) is 122 Å². The number of H-pyrrole nitrogens is 1. The summed E-state index contributed by atoms with van der Waals surface area (Å²) in [6.45, 7) is 1.89. The number of aromatic amines is 1. The minimum Gasteiger partial charge on any atom is -0.399 e. The van der Waals surface area contributed by atoms with Gasteiger partial charge in [0.05, 0.1) is 5.69 Å². The zero-order chi connectivity index (χ0) is 15.5. The number of pyridine rings is 1. The van der Waals surface area contributed by atoms with Crippen LogP contribution in [0.1, 0.15) is 16.1 Å². The maximum Gasteiger partial charge on any atom is 0.276 e. The number of carbonyl (C=O) groups is 1. The molecule has 4 N–H and O–H groups in total. The summed E-state index contributed by atoms with van der Waals surface area (Å²) in [7, 11) is 0. The molecule has 1 amide bonds. The Morgan fingerprint density at radius 1 is 1.26 bits per heavy atom. The van der Waals surface area contributed by atoms with Crippen LogP contribution in [0.4, 0.5) is 11.6 Å². The third-order valence-electron chi connectivity index (χ3n) is 2.96. The quantitative estimate of drug-likeness (QED) is 0.629. The molecule has 0 fully saturated rings. The number of benzene rings is 1. The fourth-order valence-corrected chi connectivity index (χ4v) is 2.01. The molecular weight excluding hydrogens is 318 g/mol. The molecule has 1 aromatic carbocycles. The molecule has 0 aliphatic rings. The van der Waals surface area contributed by atoms with Crippen molar-refractivity contribution in [1.29, 1.82) is 0 Å². The molecule has 0 atom stereocenters. The van der Waals surface area contributed by atoms with Gasteiger partial charge in [-0.05, 0) is 47.2 Å². The first-order chi connectivity index (χ1) is 10.6. The molecule has 0 radical (unpaired) electrons. The van der Waals surface area contributed by atoms with Gasteiger partial charge in [0.25, 0.3) is 5.91 Å². The number of tetrazole rings is 1. The molecule has 0 aliphatic carbocycles. The van der Waals surface area contributed by atoms with Crippen molar-refractivity contribution in [2.24, 2.45) is 0 Å². The zero-order valence-electron chi connectivity index (χ0n) is 12.1. The number of aryl methyl sites for hydroxylation is 1. The third kappa shape index (κ3) is 3.80. The molecule has 0 saturated carbocycles. The fourth-order valence-electron chi connectivity index (χ4n) is 2.01. The Morgan fingerprint density at radius 3 is 2.78 bits per heavy atom. The van der Waals surface area contributed by atoms with Gasteiger partial charge in [0.15, 0.2) is 0 Å². The average Bonchev–Trinajstić information content (AvgIpc) is 2.99.